The molecule has 0 bridgehead atoms. The van der Waals surface area contributed by atoms with Gasteiger partial charge in [-0.1, -0.05) is 15.9 Å². The molecule has 0 radical (unpaired) electrons. The van der Waals surface area contributed by atoms with E-state index in [-0.39, 0.29) is 11.9 Å². The maximum absolute atomic E-state index is 12.4. The topological polar surface area (TPSA) is 55.6 Å². The lowest BCUT2D eigenvalue weighted by Gasteiger charge is -2.31. The van der Waals surface area contributed by atoms with Gasteiger partial charge in [0, 0.05) is 23.6 Å². The van der Waals surface area contributed by atoms with Crippen LogP contribution in [0.3, 0.4) is 0 Å². The number of nitrogens with zero attached hydrogens (tertiary/aromatic N) is 1. The molecule has 1 amide bonds. The number of carbonyl (C=O) groups excluding carboxylic acids is 1. The molecular formula is C13H17BrN2O2. The summed E-state index contributed by atoms with van der Waals surface area (Å²) in [6, 6.07) is 5.52. The molecule has 0 spiro atoms. The highest BCUT2D eigenvalue weighted by Gasteiger charge is 2.24. The molecule has 0 aliphatic carbocycles. The second-order valence-electron chi connectivity index (χ2n) is 4.50. The van der Waals surface area contributed by atoms with Crippen molar-refractivity contribution in [1.82, 2.24) is 4.90 Å². The molecule has 2 N–H and O–H groups in total. The van der Waals surface area contributed by atoms with Gasteiger partial charge in [-0.2, -0.15) is 0 Å². The van der Waals surface area contributed by atoms with Gasteiger partial charge in [0.25, 0.3) is 5.91 Å². The van der Waals surface area contributed by atoms with E-state index in [1.807, 2.05) is 6.07 Å². The lowest BCUT2D eigenvalue weighted by molar-refractivity contribution is 0.0705. The summed E-state index contributed by atoms with van der Waals surface area (Å²) in [4.78, 5) is 14.2. The van der Waals surface area contributed by atoms with E-state index in [1.54, 1.807) is 24.1 Å². The first kappa shape index (κ1) is 13.4. The molecule has 1 aromatic rings. The van der Waals surface area contributed by atoms with Crippen LogP contribution in [0.25, 0.3) is 0 Å². The quantitative estimate of drug-likeness (QED) is 0.909. The van der Waals surface area contributed by atoms with E-state index in [1.165, 1.54) is 0 Å². The van der Waals surface area contributed by atoms with E-state index in [4.69, 9.17) is 10.5 Å². The van der Waals surface area contributed by atoms with Gasteiger partial charge in [-0.15, -0.1) is 0 Å². The van der Waals surface area contributed by atoms with Crippen molar-refractivity contribution in [1.29, 1.82) is 0 Å². The number of rotatable bonds is 2. The Labute approximate surface area is 115 Å². The molecule has 18 heavy (non-hydrogen) atoms. The van der Waals surface area contributed by atoms with Crippen LogP contribution in [0.1, 0.15) is 23.2 Å². The molecule has 1 aliphatic rings. The van der Waals surface area contributed by atoms with Crippen LogP contribution in [0.4, 0.5) is 0 Å². The van der Waals surface area contributed by atoms with Crippen molar-refractivity contribution in [2.45, 2.75) is 18.9 Å². The molecule has 2 rings (SSSR count). The fraction of sp³-hybridized carbons (Fsp3) is 0.462. The largest absolute Gasteiger partial charge is 0.496 e. The Bertz CT molecular complexity index is 451. The normalized spacial score (nSPS) is 19.7. The average molecular weight is 313 g/mol. The van der Waals surface area contributed by atoms with Crippen molar-refractivity contribution in [3.8, 4) is 5.75 Å². The lowest BCUT2D eigenvalue weighted by Crippen LogP contribution is -2.45. The number of likely N-dealkylation sites (tertiary alicyclic amines) is 1. The Kier molecular flexibility index (Phi) is 4.24. The predicted octanol–water partition coefficient (Wildman–Crippen LogP) is 2.02. The van der Waals surface area contributed by atoms with Crippen LogP contribution in [-0.4, -0.2) is 37.0 Å². The molecule has 5 heteroatoms. The molecule has 0 saturated carbocycles. The van der Waals surface area contributed by atoms with Gasteiger partial charge >= 0.3 is 0 Å². The Hall–Kier alpha value is -1.07. The van der Waals surface area contributed by atoms with Gasteiger partial charge in [0.05, 0.1) is 12.7 Å². The average Bonchev–Trinajstić information content (AvgIpc) is 2.37. The van der Waals surface area contributed by atoms with Crippen LogP contribution < -0.4 is 10.5 Å². The summed E-state index contributed by atoms with van der Waals surface area (Å²) in [5, 5.41) is 0. The standard InChI is InChI=1S/C13H17BrN2O2/c1-18-12-7-9(14)4-5-11(12)13(17)16-6-2-3-10(15)8-16/h4-5,7,10H,2-3,6,8,15H2,1H3/t10-/m1/s1. The summed E-state index contributed by atoms with van der Waals surface area (Å²) in [6.45, 7) is 1.39. The summed E-state index contributed by atoms with van der Waals surface area (Å²) in [7, 11) is 1.57. The highest BCUT2D eigenvalue weighted by atomic mass is 79.9. The van der Waals surface area contributed by atoms with Crippen LogP contribution >= 0.6 is 15.9 Å². The Morgan fingerprint density at radius 3 is 3.00 bits per heavy atom. The number of amides is 1. The van der Waals surface area contributed by atoms with Gasteiger partial charge in [0.1, 0.15) is 5.75 Å². The number of halogens is 1. The first-order chi connectivity index (χ1) is 8.61. The molecule has 4 nitrogen and oxygen atoms in total. The van der Waals surface area contributed by atoms with Crippen LogP contribution in [0.2, 0.25) is 0 Å². The number of nitrogens with two attached hydrogens (primary N) is 1. The zero-order valence-corrected chi connectivity index (χ0v) is 11.9. The molecule has 1 atom stereocenters. The van der Waals surface area contributed by atoms with E-state index in [0.717, 1.165) is 23.9 Å². The summed E-state index contributed by atoms with van der Waals surface area (Å²) in [5.41, 5.74) is 6.50. The lowest BCUT2D eigenvalue weighted by atomic mass is 10.0. The highest BCUT2D eigenvalue weighted by molar-refractivity contribution is 9.10. The number of hydrogen-bond donors (Lipinski definition) is 1. The molecule has 0 unspecified atom stereocenters. The number of carbonyl (C=O) groups is 1. The zero-order chi connectivity index (χ0) is 13.1. The van der Waals surface area contributed by atoms with Gasteiger partial charge < -0.3 is 15.4 Å². The maximum Gasteiger partial charge on any atom is 0.257 e. The second kappa shape index (κ2) is 5.71. The van der Waals surface area contributed by atoms with E-state index >= 15 is 0 Å². The second-order valence-corrected chi connectivity index (χ2v) is 5.41. The van der Waals surface area contributed by atoms with Crippen molar-refractivity contribution in [2.24, 2.45) is 5.73 Å². The third-order valence-electron chi connectivity index (χ3n) is 3.14. The zero-order valence-electron chi connectivity index (χ0n) is 10.4. The first-order valence-corrected chi connectivity index (χ1v) is 6.79. The maximum atomic E-state index is 12.4. The number of hydrogen-bond acceptors (Lipinski definition) is 3. The highest BCUT2D eigenvalue weighted by Crippen LogP contribution is 2.25. The summed E-state index contributed by atoms with van der Waals surface area (Å²) in [6.07, 6.45) is 1.95. The van der Waals surface area contributed by atoms with Crippen LogP contribution in [0, 0.1) is 0 Å². The van der Waals surface area contributed by atoms with Crippen LogP contribution in [0.5, 0.6) is 5.75 Å². The number of methoxy groups -OCH3 is 1. The Morgan fingerprint density at radius 1 is 1.56 bits per heavy atom. The summed E-state index contributed by atoms with van der Waals surface area (Å²) in [5.74, 6) is 0.586. The van der Waals surface area contributed by atoms with Crippen molar-refractivity contribution < 1.29 is 9.53 Å². The minimum absolute atomic E-state index is 0.00509. The van der Waals surface area contributed by atoms with Gasteiger partial charge in [-0.05, 0) is 31.0 Å². The third-order valence-corrected chi connectivity index (χ3v) is 3.63. The predicted molar refractivity (Wildman–Crippen MR) is 73.8 cm³/mol. The third kappa shape index (κ3) is 2.84. The molecule has 1 heterocycles. The first-order valence-electron chi connectivity index (χ1n) is 6.00. The monoisotopic (exact) mass is 312 g/mol. The van der Waals surface area contributed by atoms with E-state index in [9.17, 15) is 4.79 Å². The number of benzene rings is 1. The minimum Gasteiger partial charge on any atom is -0.496 e. The molecule has 1 aromatic carbocycles. The molecular weight excluding hydrogens is 296 g/mol. The van der Waals surface area contributed by atoms with Gasteiger partial charge in [-0.3, -0.25) is 4.79 Å². The SMILES string of the molecule is COc1cc(Br)ccc1C(=O)N1CCC[C@@H](N)C1. The van der Waals surface area contributed by atoms with Crippen molar-refractivity contribution in [2.75, 3.05) is 20.2 Å². The van der Waals surface area contributed by atoms with Gasteiger partial charge in [-0.25, -0.2) is 0 Å². The van der Waals surface area contributed by atoms with Crippen LogP contribution in [-0.2, 0) is 0 Å². The molecule has 1 aliphatic heterocycles. The van der Waals surface area contributed by atoms with E-state index < -0.39 is 0 Å². The van der Waals surface area contributed by atoms with Gasteiger partial charge in [0.15, 0.2) is 0 Å². The van der Waals surface area contributed by atoms with Crippen LogP contribution in [0.15, 0.2) is 22.7 Å². The minimum atomic E-state index is -0.00509. The smallest absolute Gasteiger partial charge is 0.257 e. The fourth-order valence-corrected chi connectivity index (χ4v) is 2.55. The van der Waals surface area contributed by atoms with Crippen molar-refractivity contribution in [3.05, 3.63) is 28.2 Å². The Balaban J connectivity index is 2.22. The number of piperidine rings is 1. The van der Waals surface area contributed by atoms with E-state index in [2.05, 4.69) is 15.9 Å². The summed E-state index contributed by atoms with van der Waals surface area (Å²) < 4.78 is 6.15. The van der Waals surface area contributed by atoms with Crippen molar-refractivity contribution >= 4 is 21.8 Å². The summed E-state index contributed by atoms with van der Waals surface area (Å²) >= 11 is 3.37. The molecule has 1 fully saturated rings. The number of ether oxygens (including phenoxy) is 1. The van der Waals surface area contributed by atoms with Crippen molar-refractivity contribution in [3.63, 3.8) is 0 Å². The van der Waals surface area contributed by atoms with Gasteiger partial charge in [0.2, 0.25) is 0 Å². The fourth-order valence-electron chi connectivity index (χ4n) is 2.21. The van der Waals surface area contributed by atoms with E-state index in [0.29, 0.717) is 17.9 Å². The molecule has 98 valence electrons. The molecule has 0 aromatic heterocycles. The Morgan fingerprint density at radius 2 is 2.33 bits per heavy atom. The molecule has 1 saturated heterocycles.